The van der Waals surface area contributed by atoms with Gasteiger partial charge in [-0.05, 0) is 31.4 Å². The minimum Gasteiger partial charge on any atom is -0.493 e. The van der Waals surface area contributed by atoms with Gasteiger partial charge in [-0.3, -0.25) is 9.10 Å². The highest BCUT2D eigenvalue weighted by Crippen LogP contribution is 2.44. The van der Waals surface area contributed by atoms with Crippen LogP contribution in [0.4, 0.5) is 5.69 Å². The molecule has 1 heterocycles. The number of carbonyl (C=O) groups excluding carboxylic acids is 1. The molecule has 1 aliphatic heterocycles. The summed E-state index contributed by atoms with van der Waals surface area (Å²) in [5, 5.41) is 2.92. The third-order valence-corrected chi connectivity index (χ3v) is 7.28. The first-order valence-corrected chi connectivity index (χ1v) is 10.5. The Balaban J connectivity index is 2.08. The molecule has 2 aliphatic rings. The Morgan fingerprint density at radius 1 is 1.11 bits per heavy atom. The van der Waals surface area contributed by atoms with Crippen LogP contribution in [0.25, 0.3) is 5.57 Å². The highest BCUT2D eigenvalue weighted by Gasteiger charge is 2.39. The molecule has 148 valence electrons. The van der Waals surface area contributed by atoms with Crippen molar-refractivity contribution < 1.29 is 22.7 Å². The summed E-state index contributed by atoms with van der Waals surface area (Å²) >= 11 is 0. The van der Waals surface area contributed by atoms with E-state index in [0.717, 1.165) is 36.4 Å². The van der Waals surface area contributed by atoms with Gasteiger partial charge in [0, 0.05) is 24.7 Å². The summed E-state index contributed by atoms with van der Waals surface area (Å²) in [7, 11) is 0.501. The Bertz CT molecular complexity index is 886. The largest absolute Gasteiger partial charge is 0.493 e. The van der Waals surface area contributed by atoms with Crippen molar-refractivity contribution in [2.75, 3.05) is 25.6 Å². The number of amides is 1. The van der Waals surface area contributed by atoms with E-state index in [-0.39, 0.29) is 10.9 Å². The number of benzene rings is 1. The standard InChI is InChI=1S/C19H26N2O5S/c1-12-14-10-16(25-3)17(26-4)11-15(14)21(2)27(23,24)18(12)19(22)20-13-8-6-5-7-9-13/h10-11,13H,5-9H2,1-4H3,(H,20,22). The molecular formula is C19H26N2O5S. The van der Waals surface area contributed by atoms with Crippen LogP contribution in [0, 0.1) is 0 Å². The fraction of sp³-hybridized carbons (Fsp3) is 0.526. The van der Waals surface area contributed by atoms with Crippen LogP contribution >= 0.6 is 0 Å². The van der Waals surface area contributed by atoms with Crippen molar-refractivity contribution in [3.05, 3.63) is 22.6 Å². The van der Waals surface area contributed by atoms with Gasteiger partial charge in [-0.15, -0.1) is 0 Å². The number of carbonyl (C=O) groups is 1. The number of hydrogen-bond acceptors (Lipinski definition) is 5. The van der Waals surface area contributed by atoms with Crippen molar-refractivity contribution in [3.63, 3.8) is 0 Å². The van der Waals surface area contributed by atoms with Crippen LogP contribution in [0.3, 0.4) is 0 Å². The van der Waals surface area contributed by atoms with E-state index in [1.54, 1.807) is 19.1 Å². The van der Waals surface area contributed by atoms with Crippen LogP contribution < -0.4 is 19.1 Å². The number of hydrogen-bond donors (Lipinski definition) is 1. The van der Waals surface area contributed by atoms with Crippen molar-refractivity contribution >= 4 is 27.2 Å². The number of sulfonamides is 1. The Morgan fingerprint density at radius 3 is 2.30 bits per heavy atom. The second-order valence-electron chi connectivity index (χ2n) is 6.96. The molecule has 1 amide bonds. The first-order valence-electron chi connectivity index (χ1n) is 9.08. The van der Waals surface area contributed by atoms with Crippen molar-refractivity contribution in [3.8, 4) is 11.5 Å². The van der Waals surface area contributed by atoms with Crippen molar-refractivity contribution in [2.24, 2.45) is 0 Å². The average Bonchev–Trinajstić information content (AvgIpc) is 2.65. The van der Waals surface area contributed by atoms with Gasteiger partial charge in [0.2, 0.25) is 0 Å². The number of allylic oxidation sites excluding steroid dienone is 1. The molecule has 3 rings (SSSR count). The van der Waals surface area contributed by atoms with Crippen LogP contribution in [-0.4, -0.2) is 41.6 Å². The normalized spacial score (nSPS) is 19.5. The van der Waals surface area contributed by atoms with E-state index >= 15 is 0 Å². The first kappa shape index (κ1) is 19.5. The lowest BCUT2D eigenvalue weighted by atomic mass is 9.95. The molecule has 0 spiro atoms. The van der Waals surface area contributed by atoms with Gasteiger partial charge < -0.3 is 14.8 Å². The summed E-state index contributed by atoms with van der Waals surface area (Å²) in [6.07, 6.45) is 5.03. The molecule has 1 aromatic carbocycles. The smallest absolute Gasteiger partial charge is 0.269 e. The Labute approximate surface area is 160 Å². The minimum atomic E-state index is -3.95. The lowest BCUT2D eigenvalue weighted by Crippen LogP contribution is -2.43. The van der Waals surface area contributed by atoms with Crippen molar-refractivity contribution in [1.82, 2.24) is 5.32 Å². The molecule has 0 unspecified atom stereocenters. The number of fused-ring (bicyclic) bond motifs is 1. The van der Waals surface area contributed by atoms with E-state index in [1.165, 1.54) is 21.3 Å². The van der Waals surface area contributed by atoms with Gasteiger partial charge in [0.15, 0.2) is 16.4 Å². The third-order valence-electron chi connectivity index (χ3n) is 5.35. The molecule has 8 heteroatoms. The fourth-order valence-electron chi connectivity index (χ4n) is 3.80. The molecule has 0 bridgehead atoms. The van der Waals surface area contributed by atoms with E-state index < -0.39 is 15.9 Å². The topological polar surface area (TPSA) is 84.9 Å². The predicted octanol–water partition coefficient (Wildman–Crippen LogP) is 2.66. The number of ether oxygens (including phenoxy) is 2. The lowest BCUT2D eigenvalue weighted by Gasteiger charge is -2.31. The zero-order valence-electron chi connectivity index (χ0n) is 16.2. The molecular weight excluding hydrogens is 368 g/mol. The van der Waals surface area contributed by atoms with Crippen LogP contribution in [-0.2, 0) is 14.8 Å². The first-order chi connectivity index (χ1) is 12.8. The van der Waals surface area contributed by atoms with E-state index in [2.05, 4.69) is 5.32 Å². The molecule has 1 aromatic rings. The molecule has 0 radical (unpaired) electrons. The van der Waals surface area contributed by atoms with E-state index in [0.29, 0.717) is 28.3 Å². The van der Waals surface area contributed by atoms with Gasteiger partial charge in [-0.1, -0.05) is 19.3 Å². The summed E-state index contributed by atoms with van der Waals surface area (Å²) in [6, 6.07) is 3.35. The van der Waals surface area contributed by atoms with Crippen molar-refractivity contribution in [1.29, 1.82) is 0 Å². The Morgan fingerprint density at radius 2 is 1.70 bits per heavy atom. The molecule has 1 aliphatic carbocycles. The number of nitrogens with one attached hydrogen (secondary N) is 1. The third kappa shape index (κ3) is 3.38. The molecule has 27 heavy (non-hydrogen) atoms. The van der Waals surface area contributed by atoms with Crippen LogP contribution in [0.1, 0.15) is 44.6 Å². The van der Waals surface area contributed by atoms with Gasteiger partial charge >= 0.3 is 0 Å². The van der Waals surface area contributed by atoms with E-state index in [4.69, 9.17) is 9.47 Å². The maximum Gasteiger partial charge on any atom is 0.269 e. The second-order valence-corrected chi connectivity index (χ2v) is 8.87. The SMILES string of the molecule is COc1cc2c(cc1OC)N(C)S(=O)(=O)C(C(=O)NC1CCCCC1)=C2C. The highest BCUT2D eigenvalue weighted by atomic mass is 32.2. The van der Waals surface area contributed by atoms with Gasteiger partial charge in [-0.2, -0.15) is 0 Å². The van der Waals surface area contributed by atoms with E-state index in [9.17, 15) is 13.2 Å². The molecule has 0 atom stereocenters. The Hall–Kier alpha value is -2.22. The molecule has 1 N–H and O–H groups in total. The summed E-state index contributed by atoms with van der Waals surface area (Å²) in [4.78, 5) is 12.7. The number of anilines is 1. The van der Waals surface area contributed by atoms with Crippen LogP contribution in [0.5, 0.6) is 11.5 Å². The summed E-state index contributed by atoms with van der Waals surface area (Å²) in [6.45, 7) is 1.66. The van der Waals surface area contributed by atoms with Gasteiger partial charge in [0.1, 0.15) is 0 Å². The number of rotatable bonds is 4. The van der Waals surface area contributed by atoms with E-state index in [1.807, 2.05) is 0 Å². The Kier molecular flexibility index (Phi) is 5.37. The predicted molar refractivity (Wildman–Crippen MR) is 104 cm³/mol. The van der Waals surface area contributed by atoms with Crippen LogP contribution in [0.15, 0.2) is 17.0 Å². The molecule has 7 nitrogen and oxygen atoms in total. The summed E-state index contributed by atoms with van der Waals surface area (Å²) in [5.41, 5.74) is 1.51. The second kappa shape index (κ2) is 7.42. The monoisotopic (exact) mass is 394 g/mol. The highest BCUT2D eigenvalue weighted by molar-refractivity contribution is 7.97. The van der Waals surface area contributed by atoms with Gasteiger partial charge in [0.05, 0.1) is 19.9 Å². The van der Waals surface area contributed by atoms with Gasteiger partial charge in [0.25, 0.3) is 15.9 Å². The lowest BCUT2D eigenvalue weighted by molar-refractivity contribution is -0.117. The fourth-order valence-corrected chi connectivity index (χ4v) is 5.27. The zero-order chi connectivity index (χ0) is 19.8. The number of methoxy groups -OCH3 is 2. The maximum atomic E-state index is 13.1. The van der Waals surface area contributed by atoms with Crippen LogP contribution in [0.2, 0.25) is 0 Å². The molecule has 0 aromatic heterocycles. The minimum absolute atomic E-state index is 0.0267. The quantitative estimate of drug-likeness (QED) is 0.849. The summed E-state index contributed by atoms with van der Waals surface area (Å²) < 4.78 is 37.9. The van der Waals surface area contributed by atoms with Gasteiger partial charge in [-0.25, -0.2) is 8.42 Å². The zero-order valence-corrected chi connectivity index (χ0v) is 17.0. The number of nitrogens with zero attached hydrogens (tertiary/aromatic N) is 1. The average molecular weight is 394 g/mol. The molecule has 1 fully saturated rings. The molecule has 0 saturated heterocycles. The summed E-state index contributed by atoms with van der Waals surface area (Å²) in [5.74, 6) is 0.378. The maximum absolute atomic E-state index is 13.1. The molecule has 1 saturated carbocycles. The van der Waals surface area contributed by atoms with Crippen molar-refractivity contribution in [2.45, 2.75) is 45.1 Å².